The van der Waals surface area contributed by atoms with Gasteiger partial charge in [0.2, 0.25) is 0 Å². The van der Waals surface area contributed by atoms with Crippen LogP contribution >= 0.6 is 0 Å². The summed E-state index contributed by atoms with van der Waals surface area (Å²) in [5.41, 5.74) is 1.67. The maximum atomic E-state index is 13.3. The highest BCUT2D eigenvalue weighted by molar-refractivity contribution is 6.11. The lowest BCUT2D eigenvalue weighted by Crippen LogP contribution is -2.41. The van der Waals surface area contributed by atoms with Crippen molar-refractivity contribution in [2.45, 2.75) is 52.0 Å². The predicted octanol–water partition coefficient (Wildman–Crippen LogP) is 4.72. The fourth-order valence-corrected chi connectivity index (χ4v) is 3.72. The average Bonchev–Trinajstić information content (AvgIpc) is 2.91. The Morgan fingerprint density at radius 2 is 1.67 bits per heavy atom. The minimum absolute atomic E-state index is 0.121. The number of halogens is 1. The topological polar surface area (TPSA) is 66.5 Å². The van der Waals surface area contributed by atoms with E-state index in [-0.39, 0.29) is 18.2 Å². The summed E-state index contributed by atoms with van der Waals surface area (Å²) >= 11 is 0. The van der Waals surface area contributed by atoms with Crippen LogP contribution in [-0.2, 0) is 10.3 Å². The van der Waals surface area contributed by atoms with E-state index in [4.69, 9.17) is 0 Å². The monoisotopic (exact) mass is 410 g/mol. The van der Waals surface area contributed by atoms with Crippen molar-refractivity contribution in [3.8, 4) is 0 Å². The lowest BCUT2D eigenvalue weighted by Gasteiger charge is -2.22. The second-order valence-corrected chi connectivity index (χ2v) is 8.53. The second-order valence-electron chi connectivity index (χ2n) is 8.53. The first kappa shape index (κ1) is 21.7. The third-order valence-corrected chi connectivity index (χ3v) is 5.66. The van der Waals surface area contributed by atoms with Crippen molar-refractivity contribution < 1.29 is 18.8 Å². The van der Waals surface area contributed by atoms with Crippen LogP contribution in [0.1, 0.15) is 73.5 Å². The van der Waals surface area contributed by atoms with Gasteiger partial charge < -0.3 is 5.32 Å². The Morgan fingerprint density at radius 3 is 2.23 bits per heavy atom. The van der Waals surface area contributed by atoms with Gasteiger partial charge >= 0.3 is 6.03 Å². The minimum Gasteiger partial charge on any atom is -0.319 e. The number of hydrogen-bond donors (Lipinski definition) is 1. The van der Waals surface area contributed by atoms with Gasteiger partial charge in [-0.15, -0.1) is 0 Å². The number of nitrogens with zero attached hydrogens (tertiary/aromatic N) is 1. The molecule has 1 fully saturated rings. The molecule has 3 amide bonds. The zero-order valence-corrected chi connectivity index (χ0v) is 18.0. The van der Waals surface area contributed by atoms with Gasteiger partial charge in [-0.25, -0.2) is 9.18 Å². The molecule has 2 aromatic rings. The molecule has 30 heavy (non-hydrogen) atoms. The van der Waals surface area contributed by atoms with Crippen molar-refractivity contribution in [1.29, 1.82) is 0 Å². The molecule has 1 aliphatic heterocycles. The molecular formula is C24H27FN2O3. The molecule has 0 saturated carbocycles. The number of urea groups is 1. The molecule has 158 valence electrons. The highest BCUT2D eigenvalue weighted by Gasteiger charge is 2.49. The third-order valence-electron chi connectivity index (χ3n) is 5.66. The number of ketones is 1. The summed E-state index contributed by atoms with van der Waals surface area (Å²) < 4.78 is 13.3. The molecule has 3 rings (SSSR count). The van der Waals surface area contributed by atoms with Crippen molar-refractivity contribution >= 4 is 17.7 Å². The first-order chi connectivity index (χ1) is 14.0. The molecule has 0 bridgehead atoms. The van der Waals surface area contributed by atoms with Crippen molar-refractivity contribution in [2.24, 2.45) is 0 Å². The number of Topliss-reactive ketones (excluding diaryl/α,β-unsaturated/α-hetero) is 1. The molecule has 1 unspecified atom stereocenters. The molecule has 5 nitrogen and oxygen atoms in total. The third kappa shape index (κ3) is 3.86. The Hall–Kier alpha value is -3.02. The first-order valence-electron chi connectivity index (χ1n) is 10.1. The highest BCUT2D eigenvalue weighted by Crippen LogP contribution is 2.30. The van der Waals surface area contributed by atoms with E-state index in [1.165, 1.54) is 24.3 Å². The maximum absolute atomic E-state index is 13.3. The van der Waals surface area contributed by atoms with Gasteiger partial charge in [-0.1, -0.05) is 58.0 Å². The number of imide groups is 1. The van der Waals surface area contributed by atoms with Gasteiger partial charge in [0.25, 0.3) is 5.91 Å². The summed E-state index contributed by atoms with van der Waals surface area (Å²) in [4.78, 5) is 39.6. The summed E-state index contributed by atoms with van der Waals surface area (Å²) in [6.07, 6.45) is 0. The van der Waals surface area contributed by atoms with Gasteiger partial charge in [-0.05, 0) is 47.6 Å². The molecule has 0 aromatic heterocycles. The summed E-state index contributed by atoms with van der Waals surface area (Å²) in [5.74, 6) is -0.806. The molecule has 6 heteroatoms. The SMILES string of the molecule is CC(C)c1ccc(C(=O)CN2C(=O)NC(C)(c3ccc(F)cc3)C2=O)c(C(C)C)c1. The van der Waals surface area contributed by atoms with E-state index in [2.05, 4.69) is 19.2 Å². The van der Waals surface area contributed by atoms with Crippen LogP contribution in [0.4, 0.5) is 9.18 Å². The lowest BCUT2D eigenvalue weighted by molar-refractivity contribution is -0.130. The van der Waals surface area contributed by atoms with E-state index in [0.29, 0.717) is 17.0 Å². The average molecular weight is 410 g/mol. The van der Waals surface area contributed by atoms with Crippen LogP contribution in [0.3, 0.4) is 0 Å². The highest BCUT2D eigenvalue weighted by atomic mass is 19.1. The summed E-state index contributed by atoms with van der Waals surface area (Å²) in [6, 6.07) is 10.5. The fraction of sp³-hybridized carbons (Fsp3) is 0.375. The van der Waals surface area contributed by atoms with Crippen LogP contribution in [0.2, 0.25) is 0 Å². The van der Waals surface area contributed by atoms with Crippen LogP contribution in [-0.4, -0.2) is 29.2 Å². The zero-order chi connectivity index (χ0) is 22.2. The van der Waals surface area contributed by atoms with Crippen LogP contribution < -0.4 is 5.32 Å². The molecular weight excluding hydrogens is 383 g/mol. The number of benzene rings is 2. The Labute approximate surface area is 176 Å². The predicted molar refractivity (Wildman–Crippen MR) is 113 cm³/mol. The van der Waals surface area contributed by atoms with E-state index < -0.39 is 23.3 Å². The van der Waals surface area contributed by atoms with Crippen LogP contribution in [0.25, 0.3) is 0 Å². The van der Waals surface area contributed by atoms with Crippen molar-refractivity contribution in [2.75, 3.05) is 6.54 Å². The molecule has 1 saturated heterocycles. The summed E-state index contributed by atoms with van der Waals surface area (Å²) in [6.45, 7) is 9.41. The Balaban J connectivity index is 1.88. The number of hydrogen-bond acceptors (Lipinski definition) is 3. The van der Waals surface area contributed by atoms with Crippen molar-refractivity contribution in [3.05, 3.63) is 70.5 Å². The Bertz CT molecular complexity index is 998. The van der Waals surface area contributed by atoms with Crippen molar-refractivity contribution in [3.63, 3.8) is 0 Å². The van der Waals surface area contributed by atoms with Crippen LogP contribution in [0, 0.1) is 5.82 Å². The minimum atomic E-state index is -1.34. The lowest BCUT2D eigenvalue weighted by atomic mass is 9.89. The number of rotatable bonds is 6. The van der Waals surface area contributed by atoms with Crippen LogP contribution in [0.15, 0.2) is 42.5 Å². The number of nitrogens with one attached hydrogen (secondary N) is 1. The molecule has 1 aliphatic rings. The summed E-state index contributed by atoms with van der Waals surface area (Å²) in [5, 5.41) is 2.65. The number of carbonyl (C=O) groups is 3. The van der Waals surface area contributed by atoms with Gasteiger partial charge in [0.1, 0.15) is 11.4 Å². The smallest absolute Gasteiger partial charge is 0.319 e. The van der Waals surface area contributed by atoms with E-state index in [1.54, 1.807) is 13.0 Å². The van der Waals surface area contributed by atoms with Crippen molar-refractivity contribution in [1.82, 2.24) is 10.2 Å². The largest absolute Gasteiger partial charge is 0.325 e. The molecule has 2 aromatic carbocycles. The Morgan fingerprint density at radius 1 is 1.03 bits per heavy atom. The molecule has 0 aliphatic carbocycles. The maximum Gasteiger partial charge on any atom is 0.325 e. The molecule has 1 atom stereocenters. The number of carbonyl (C=O) groups excluding carboxylic acids is 3. The zero-order valence-electron chi connectivity index (χ0n) is 18.0. The fourth-order valence-electron chi connectivity index (χ4n) is 3.72. The molecule has 1 N–H and O–H groups in total. The van der Waals surface area contributed by atoms with E-state index >= 15 is 0 Å². The standard InChI is InChI=1S/C24H27FN2O3/c1-14(2)16-6-11-19(20(12-16)15(3)4)21(28)13-27-22(29)24(5,26-23(27)30)17-7-9-18(25)10-8-17/h6-12,14-15H,13H2,1-5H3,(H,26,30). The van der Waals surface area contributed by atoms with E-state index in [9.17, 15) is 18.8 Å². The molecule has 1 heterocycles. The van der Waals surface area contributed by atoms with Gasteiger partial charge in [-0.3, -0.25) is 14.5 Å². The first-order valence-corrected chi connectivity index (χ1v) is 10.1. The molecule has 0 radical (unpaired) electrons. The van der Waals surface area contributed by atoms with Crippen LogP contribution in [0.5, 0.6) is 0 Å². The Kier molecular flexibility index (Phi) is 5.79. The van der Waals surface area contributed by atoms with E-state index in [0.717, 1.165) is 16.0 Å². The van der Waals surface area contributed by atoms with Gasteiger partial charge in [-0.2, -0.15) is 0 Å². The number of amides is 3. The van der Waals surface area contributed by atoms with Gasteiger partial charge in [0, 0.05) is 5.56 Å². The summed E-state index contributed by atoms with van der Waals surface area (Å²) in [7, 11) is 0. The second kappa shape index (κ2) is 8.01. The quantitative estimate of drug-likeness (QED) is 0.553. The molecule has 0 spiro atoms. The normalized spacial score (nSPS) is 19.0. The van der Waals surface area contributed by atoms with Gasteiger partial charge in [0.15, 0.2) is 5.78 Å². The van der Waals surface area contributed by atoms with E-state index in [1.807, 2.05) is 26.0 Å². The van der Waals surface area contributed by atoms with Gasteiger partial charge in [0.05, 0.1) is 6.54 Å².